The van der Waals surface area contributed by atoms with Crippen molar-refractivity contribution < 1.29 is 18.0 Å². The van der Waals surface area contributed by atoms with Crippen LogP contribution >= 0.6 is 23.2 Å². The molecule has 1 aliphatic rings. The van der Waals surface area contributed by atoms with Gasteiger partial charge in [-0.15, -0.1) is 0 Å². The minimum atomic E-state index is -4.16. The lowest BCUT2D eigenvalue weighted by molar-refractivity contribution is -0.139. The number of halogens is 2. The number of hydrogen-bond acceptors (Lipinski definition) is 4. The van der Waals surface area contributed by atoms with E-state index in [1.807, 2.05) is 6.92 Å². The summed E-state index contributed by atoms with van der Waals surface area (Å²) < 4.78 is 28.8. The first-order valence-electron chi connectivity index (χ1n) is 13.2. The van der Waals surface area contributed by atoms with Crippen LogP contribution in [0.15, 0.2) is 77.7 Å². The molecule has 0 unspecified atom stereocenters. The van der Waals surface area contributed by atoms with Gasteiger partial charge in [0.2, 0.25) is 11.8 Å². The van der Waals surface area contributed by atoms with Gasteiger partial charge in [-0.05, 0) is 68.7 Å². The molecular weight excluding hydrogens is 569 g/mol. The highest BCUT2D eigenvalue weighted by Crippen LogP contribution is 2.28. The standard InChI is InChI=1S/C30H33Cl2N3O4S/c1-21-14-16-27(17-15-21)40(38,39)35(26-12-7-9-24(31)18-26)20-29(36)34(19-23-8-3-6-13-28(23)32)22(2)30(37)33-25-10-4-5-11-25/h3,6-9,12-18,22,25H,4-5,10-11,19-20H2,1-2H3,(H,33,37)/t22-/m1/s1. The summed E-state index contributed by atoms with van der Waals surface area (Å²) in [6.45, 7) is 3.00. The van der Waals surface area contributed by atoms with Crippen LogP contribution in [-0.4, -0.2) is 43.8 Å². The zero-order valence-corrected chi connectivity index (χ0v) is 24.8. The van der Waals surface area contributed by atoms with Crippen LogP contribution in [0.5, 0.6) is 0 Å². The minimum Gasteiger partial charge on any atom is -0.352 e. The molecule has 0 aromatic heterocycles. The lowest BCUT2D eigenvalue weighted by Gasteiger charge is -2.32. The second kappa shape index (κ2) is 13.1. The van der Waals surface area contributed by atoms with Crippen LogP contribution in [0.4, 0.5) is 5.69 Å². The zero-order valence-electron chi connectivity index (χ0n) is 22.5. The molecule has 1 saturated carbocycles. The van der Waals surface area contributed by atoms with Crippen molar-refractivity contribution in [2.24, 2.45) is 0 Å². The first-order valence-corrected chi connectivity index (χ1v) is 15.4. The molecule has 3 aromatic carbocycles. The number of amides is 2. The molecule has 1 aliphatic carbocycles. The maximum Gasteiger partial charge on any atom is 0.264 e. The van der Waals surface area contributed by atoms with Gasteiger partial charge < -0.3 is 10.2 Å². The number of sulfonamides is 1. The summed E-state index contributed by atoms with van der Waals surface area (Å²) in [4.78, 5) is 28.7. The number of nitrogens with one attached hydrogen (secondary N) is 1. The first-order chi connectivity index (χ1) is 19.1. The van der Waals surface area contributed by atoms with Crippen LogP contribution in [0.25, 0.3) is 0 Å². The highest BCUT2D eigenvalue weighted by atomic mass is 35.5. The number of carbonyl (C=O) groups is 2. The molecule has 1 fully saturated rings. The van der Waals surface area contributed by atoms with Gasteiger partial charge in [0.1, 0.15) is 12.6 Å². The largest absolute Gasteiger partial charge is 0.352 e. The van der Waals surface area contributed by atoms with E-state index in [-0.39, 0.29) is 29.1 Å². The Labute approximate surface area is 246 Å². The Balaban J connectivity index is 1.69. The maximum absolute atomic E-state index is 14.0. The fraction of sp³-hybridized carbons (Fsp3) is 0.333. The van der Waals surface area contributed by atoms with Gasteiger partial charge in [0.05, 0.1) is 10.6 Å². The Morgan fingerprint density at radius 2 is 1.65 bits per heavy atom. The van der Waals surface area contributed by atoms with Gasteiger partial charge in [-0.3, -0.25) is 13.9 Å². The fourth-order valence-corrected chi connectivity index (χ4v) is 6.57. The number of hydrogen-bond donors (Lipinski definition) is 1. The van der Waals surface area contributed by atoms with E-state index < -0.39 is 28.5 Å². The molecule has 10 heteroatoms. The molecule has 0 aliphatic heterocycles. The van der Waals surface area contributed by atoms with Crippen molar-refractivity contribution in [3.8, 4) is 0 Å². The Morgan fingerprint density at radius 1 is 0.975 bits per heavy atom. The Morgan fingerprint density at radius 3 is 2.30 bits per heavy atom. The van der Waals surface area contributed by atoms with Crippen molar-refractivity contribution >= 4 is 50.7 Å². The third-order valence-electron chi connectivity index (χ3n) is 7.15. The Bertz CT molecular complexity index is 1460. The summed E-state index contributed by atoms with van der Waals surface area (Å²) in [5, 5.41) is 3.83. The molecule has 1 atom stereocenters. The number of anilines is 1. The normalized spacial score (nSPS) is 14.5. The van der Waals surface area contributed by atoms with Crippen LogP contribution in [0.1, 0.15) is 43.7 Å². The number of benzene rings is 3. The van der Waals surface area contributed by atoms with Gasteiger partial charge in [-0.25, -0.2) is 8.42 Å². The zero-order chi connectivity index (χ0) is 28.9. The average Bonchev–Trinajstić information content (AvgIpc) is 3.44. The monoisotopic (exact) mass is 601 g/mol. The van der Waals surface area contributed by atoms with E-state index in [2.05, 4.69) is 5.32 Å². The number of rotatable bonds is 10. The van der Waals surface area contributed by atoms with Crippen LogP contribution in [0.2, 0.25) is 10.0 Å². The lowest BCUT2D eigenvalue weighted by Crippen LogP contribution is -2.52. The summed E-state index contributed by atoms with van der Waals surface area (Å²) in [5.41, 5.74) is 1.79. The SMILES string of the molecule is Cc1ccc(S(=O)(=O)N(CC(=O)N(Cc2ccccc2Cl)[C@H](C)C(=O)NC2CCCC2)c2cccc(Cl)c2)cc1. The Kier molecular flexibility index (Phi) is 9.77. The quantitative estimate of drug-likeness (QED) is 0.310. The van der Waals surface area contributed by atoms with Gasteiger partial charge in [0.15, 0.2) is 0 Å². The first kappa shape index (κ1) is 29.9. The van der Waals surface area contributed by atoms with Crippen molar-refractivity contribution in [2.45, 2.75) is 63.1 Å². The van der Waals surface area contributed by atoms with E-state index in [1.165, 1.54) is 23.1 Å². The summed E-state index contributed by atoms with van der Waals surface area (Å²) in [6.07, 6.45) is 3.89. The third-order valence-corrected chi connectivity index (χ3v) is 9.54. The molecule has 1 N–H and O–H groups in total. The molecule has 2 amide bonds. The van der Waals surface area contributed by atoms with E-state index >= 15 is 0 Å². The molecule has 0 spiro atoms. The van der Waals surface area contributed by atoms with Gasteiger partial charge in [-0.1, -0.05) is 78.0 Å². The van der Waals surface area contributed by atoms with Gasteiger partial charge in [-0.2, -0.15) is 0 Å². The molecule has 0 heterocycles. The molecule has 40 heavy (non-hydrogen) atoms. The predicted molar refractivity (Wildman–Crippen MR) is 159 cm³/mol. The minimum absolute atomic E-state index is 0.0335. The van der Waals surface area contributed by atoms with E-state index in [0.717, 1.165) is 35.6 Å². The van der Waals surface area contributed by atoms with Crippen molar-refractivity contribution in [1.29, 1.82) is 0 Å². The maximum atomic E-state index is 14.0. The molecular formula is C30H33Cl2N3O4S. The van der Waals surface area contributed by atoms with E-state index in [1.54, 1.807) is 61.5 Å². The summed E-state index contributed by atoms with van der Waals surface area (Å²) in [6, 6.07) is 19.0. The highest BCUT2D eigenvalue weighted by Gasteiger charge is 2.33. The highest BCUT2D eigenvalue weighted by molar-refractivity contribution is 7.92. The second-order valence-corrected chi connectivity index (χ2v) is 12.8. The third kappa shape index (κ3) is 7.16. The summed E-state index contributed by atoms with van der Waals surface area (Å²) in [5.74, 6) is -0.840. The van der Waals surface area contributed by atoms with Crippen molar-refractivity contribution in [3.05, 3.63) is 94.0 Å². The average molecular weight is 603 g/mol. The van der Waals surface area contributed by atoms with E-state index in [0.29, 0.717) is 15.6 Å². The molecule has 3 aromatic rings. The summed E-state index contributed by atoms with van der Waals surface area (Å²) in [7, 11) is -4.16. The van der Waals surface area contributed by atoms with Crippen LogP contribution in [-0.2, 0) is 26.2 Å². The molecule has 4 rings (SSSR count). The molecule has 7 nitrogen and oxygen atoms in total. The van der Waals surface area contributed by atoms with Crippen LogP contribution in [0.3, 0.4) is 0 Å². The smallest absolute Gasteiger partial charge is 0.264 e. The fourth-order valence-electron chi connectivity index (χ4n) is 4.78. The van der Waals surface area contributed by atoms with Gasteiger partial charge >= 0.3 is 0 Å². The van der Waals surface area contributed by atoms with Crippen LogP contribution in [0, 0.1) is 6.92 Å². The number of carbonyl (C=O) groups excluding carboxylic acids is 2. The predicted octanol–water partition coefficient (Wildman–Crippen LogP) is 5.97. The van der Waals surface area contributed by atoms with Gasteiger partial charge in [0, 0.05) is 22.6 Å². The molecule has 0 radical (unpaired) electrons. The van der Waals surface area contributed by atoms with E-state index in [4.69, 9.17) is 23.2 Å². The topological polar surface area (TPSA) is 86.8 Å². The van der Waals surface area contributed by atoms with Crippen molar-refractivity contribution in [3.63, 3.8) is 0 Å². The van der Waals surface area contributed by atoms with E-state index in [9.17, 15) is 18.0 Å². The lowest BCUT2D eigenvalue weighted by atomic mass is 10.1. The molecule has 0 bridgehead atoms. The Hall–Kier alpha value is -3.07. The van der Waals surface area contributed by atoms with Crippen molar-refractivity contribution in [1.82, 2.24) is 10.2 Å². The number of aryl methyl sites for hydroxylation is 1. The molecule has 212 valence electrons. The van der Waals surface area contributed by atoms with Crippen LogP contribution < -0.4 is 9.62 Å². The second-order valence-electron chi connectivity index (χ2n) is 10.1. The van der Waals surface area contributed by atoms with Gasteiger partial charge in [0.25, 0.3) is 10.0 Å². The molecule has 0 saturated heterocycles. The summed E-state index contributed by atoms with van der Waals surface area (Å²) >= 11 is 12.6. The number of nitrogens with zero attached hydrogens (tertiary/aromatic N) is 2. The van der Waals surface area contributed by atoms with Crippen molar-refractivity contribution in [2.75, 3.05) is 10.8 Å².